The van der Waals surface area contributed by atoms with Crippen LogP contribution in [-0.4, -0.2) is 64.5 Å². The van der Waals surface area contributed by atoms with Crippen molar-refractivity contribution in [3.05, 3.63) is 71.9 Å². The summed E-state index contributed by atoms with van der Waals surface area (Å²) >= 11 is 0. The van der Waals surface area contributed by atoms with Gasteiger partial charge in [-0.2, -0.15) is 0 Å². The number of nitrogens with one attached hydrogen (secondary N) is 4. The summed E-state index contributed by atoms with van der Waals surface area (Å²) in [5, 5.41) is 18.8. The van der Waals surface area contributed by atoms with Crippen LogP contribution in [0.3, 0.4) is 0 Å². The van der Waals surface area contributed by atoms with E-state index in [4.69, 9.17) is 11.5 Å². The summed E-state index contributed by atoms with van der Waals surface area (Å²) in [6, 6.07) is 12.4. The van der Waals surface area contributed by atoms with E-state index in [0.29, 0.717) is 19.4 Å². The molecule has 3 rings (SSSR count). The Morgan fingerprint density at radius 1 is 0.833 bits per heavy atom. The molecule has 0 bridgehead atoms. The second kappa shape index (κ2) is 15.7. The molecule has 11 heteroatoms. The number of para-hydroxylation sites is 1. The lowest BCUT2D eigenvalue weighted by Crippen LogP contribution is -2.59. The molecule has 2 aromatic carbocycles. The van der Waals surface area contributed by atoms with Crippen LogP contribution in [0.1, 0.15) is 44.2 Å². The second-order valence-electron chi connectivity index (χ2n) is 10.8. The van der Waals surface area contributed by atoms with Gasteiger partial charge in [-0.25, -0.2) is 4.79 Å². The highest BCUT2D eigenvalue weighted by molar-refractivity contribution is 5.95. The van der Waals surface area contributed by atoms with Crippen LogP contribution < -0.4 is 27.4 Å². The number of unbranched alkanes of at least 4 members (excludes halogenated alkanes) is 1. The Hall–Kier alpha value is -4.22. The molecule has 4 atom stereocenters. The van der Waals surface area contributed by atoms with Crippen LogP contribution in [0, 0.1) is 5.92 Å². The molecule has 0 radical (unpaired) electrons. The van der Waals surface area contributed by atoms with Crippen LogP contribution >= 0.6 is 0 Å². The molecule has 0 aliphatic rings. The zero-order chi connectivity index (χ0) is 30.6. The number of nitrogens with two attached hydrogens (primary N) is 2. The van der Waals surface area contributed by atoms with Crippen LogP contribution in [-0.2, 0) is 32.0 Å². The van der Waals surface area contributed by atoms with Crippen molar-refractivity contribution in [3.63, 3.8) is 0 Å². The Morgan fingerprint density at radius 3 is 2.17 bits per heavy atom. The number of rotatable bonds is 16. The number of aliphatic carboxylic acids is 1. The van der Waals surface area contributed by atoms with Gasteiger partial charge in [-0.05, 0) is 42.5 Å². The minimum atomic E-state index is -1.21. The van der Waals surface area contributed by atoms with Gasteiger partial charge in [0.25, 0.3) is 0 Å². The minimum absolute atomic E-state index is 0.0718. The van der Waals surface area contributed by atoms with Crippen molar-refractivity contribution in [3.8, 4) is 0 Å². The van der Waals surface area contributed by atoms with Gasteiger partial charge in [-0.15, -0.1) is 0 Å². The van der Waals surface area contributed by atoms with Gasteiger partial charge in [0.1, 0.15) is 18.1 Å². The quantitative estimate of drug-likeness (QED) is 0.125. The SMILES string of the molecule is CC(C)C(NC(=O)C(N)CCCCN)C(=O)NC(Cc1c[nH]c2ccccc12)C(=O)NC(Cc1ccccc1)C(=O)O. The first kappa shape index (κ1) is 32.3. The third-order valence-electron chi connectivity index (χ3n) is 7.18. The van der Waals surface area contributed by atoms with Crippen molar-refractivity contribution in [2.75, 3.05) is 6.54 Å². The second-order valence-corrected chi connectivity index (χ2v) is 10.8. The number of carboxylic acids is 1. The van der Waals surface area contributed by atoms with Gasteiger partial charge in [0.15, 0.2) is 0 Å². The molecule has 3 aromatic rings. The van der Waals surface area contributed by atoms with E-state index in [2.05, 4.69) is 20.9 Å². The van der Waals surface area contributed by atoms with E-state index in [9.17, 15) is 24.3 Å². The van der Waals surface area contributed by atoms with E-state index in [0.717, 1.165) is 28.5 Å². The Labute approximate surface area is 245 Å². The normalized spacial score (nSPS) is 14.1. The number of amides is 3. The number of fused-ring (bicyclic) bond motifs is 1. The molecular weight excluding hydrogens is 536 g/mol. The first-order valence-corrected chi connectivity index (χ1v) is 14.3. The van der Waals surface area contributed by atoms with Crippen LogP contribution in [0.25, 0.3) is 10.9 Å². The van der Waals surface area contributed by atoms with Crippen molar-refractivity contribution in [1.29, 1.82) is 0 Å². The van der Waals surface area contributed by atoms with Crippen molar-refractivity contribution in [2.45, 2.75) is 70.1 Å². The first-order chi connectivity index (χ1) is 20.1. The highest BCUT2D eigenvalue weighted by atomic mass is 16.4. The average molecular weight is 579 g/mol. The maximum absolute atomic E-state index is 13.6. The first-order valence-electron chi connectivity index (χ1n) is 14.3. The van der Waals surface area contributed by atoms with Crippen LogP contribution in [0.2, 0.25) is 0 Å². The zero-order valence-corrected chi connectivity index (χ0v) is 24.1. The lowest BCUT2D eigenvalue weighted by atomic mass is 9.99. The fourth-order valence-corrected chi connectivity index (χ4v) is 4.75. The van der Waals surface area contributed by atoms with Gasteiger partial charge in [0.2, 0.25) is 17.7 Å². The molecule has 0 spiro atoms. The Morgan fingerprint density at radius 2 is 1.50 bits per heavy atom. The van der Waals surface area contributed by atoms with Crippen molar-refractivity contribution < 1.29 is 24.3 Å². The number of carbonyl (C=O) groups is 4. The molecule has 1 aromatic heterocycles. The average Bonchev–Trinajstić information content (AvgIpc) is 3.38. The van der Waals surface area contributed by atoms with Gasteiger partial charge in [0.05, 0.1) is 6.04 Å². The summed E-state index contributed by atoms with van der Waals surface area (Å²) in [6.07, 6.45) is 3.78. The Balaban J connectivity index is 1.81. The summed E-state index contributed by atoms with van der Waals surface area (Å²) in [7, 11) is 0. The smallest absolute Gasteiger partial charge is 0.326 e. The lowest BCUT2D eigenvalue weighted by Gasteiger charge is -2.27. The molecule has 42 heavy (non-hydrogen) atoms. The van der Waals surface area contributed by atoms with E-state index >= 15 is 0 Å². The Bertz CT molecular complexity index is 1340. The summed E-state index contributed by atoms with van der Waals surface area (Å²) < 4.78 is 0. The van der Waals surface area contributed by atoms with Crippen molar-refractivity contribution in [2.24, 2.45) is 17.4 Å². The molecule has 9 N–H and O–H groups in total. The number of benzene rings is 2. The molecule has 0 aliphatic carbocycles. The van der Waals surface area contributed by atoms with E-state index < -0.39 is 47.9 Å². The number of carbonyl (C=O) groups excluding carboxylic acids is 3. The predicted octanol–water partition coefficient (Wildman–Crippen LogP) is 1.60. The molecular formula is C31H42N6O5. The van der Waals surface area contributed by atoms with Crippen LogP contribution in [0.15, 0.2) is 60.8 Å². The number of aromatic amines is 1. The molecule has 0 saturated carbocycles. The highest BCUT2D eigenvalue weighted by Crippen LogP contribution is 2.19. The minimum Gasteiger partial charge on any atom is -0.480 e. The highest BCUT2D eigenvalue weighted by Gasteiger charge is 2.32. The fraction of sp³-hybridized carbons (Fsp3) is 0.419. The van der Waals surface area contributed by atoms with E-state index in [1.165, 1.54) is 0 Å². The largest absolute Gasteiger partial charge is 0.480 e. The monoisotopic (exact) mass is 578 g/mol. The topological polar surface area (TPSA) is 192 Å². The lowest BCUT2D eigenvalue weighted by molar-refractivity contribution is -0.142. The predicted molar refractivity (Wildman–Crippen MR) is 161 cm³/mol. The maximum Gasteiger partial charge on any atom is 0.326 e. The van der Waals surface area contributed by atoms with E-state index in [1.807, 2.05) is 30.3 Å². The summed E-state index contributed by atoms with van der Waals surface area (Å²) in [5.74, 6) is -3.19. The maximum atomic E-state index is 13.6. The molecule has 4 unspecified atom stereocenters. The van der Waals surface area contributed by atoms with E-state index in [1.54, 1.807) is 44.3 Å². The number of hydrogen-bond donors (Lipinski definition) is 7. The van der Waals surface area contributed by atoms with Crippen LogP contribution in [0.5, 0.6) is 0 Å². The summed E-state index contributed by atoms with van der Waals surface area (Å²) in [4.78, 5) is 55.1. The molecule has 0 aliphatic heterocycles. The van der Waals surface area contributed by atoms with Gasteiger partial charge in [0, 0.05) is 29.9 Å². The van der Waals surface area contributed by atoms with Gasteiger partial charge in [-0.3, -0.25) is 14.4 Å². The molecule has 11 nitrogen and oxygen atoms in total. The molecule has 226 valence electrons. The summed E-state index contributed by atoms with van der Waals surface area (Å²) in [6.45, 7) is 4.05. The van der Waals surface area contributed by atoms with Crippen molar-refractivity contribution in [1.82, 2.24) is 20.9 Å². The van der Waals surface area contributed by atoms with Crippen molar-refractivity contribution >= 4 is 34.6 Å². The number of aromatic nitrogens is 1. The number of carboxylic acid groups (broad SMARTS) is 1. The van der Waals surface area contributed by atoms with Gasteiger partial charge in [-0.1, -0.05) is 68.8 Å². The number of hydrogen-bond acceptors (Lipinski definition) is 6. The third kappa shape index (κ3) is 9.15. The molecule has 0 fully saturated rings. The van der Waals surface area contributed by atoms with Crippen LogP contribution in [0.4, 0.5) is 0 Å². The molecule has 1 heterocycles. The molecule has 3 amide bonds. The number of H-pyrrole nitrogens is 1. The van der Waals surface area contributed by atoms with E-state index in [-0.39, 0.29) is 18.8 Å². The third-order valence-corrected chi connectivity index (χ3v) is 7.18. The van der Waals surface area contributed by atoms with Gasteiger partial charge >= 0.3 is 5.97 Å². The van der Waals surface area contributed by atoms with Gasteiger partial charge < -0.3 is 37.5 Å². The fourth-order valence-electron chi connectivity index (χ4n) is 4.75. The molecule has 0 saturated heterocycles. The zero-order valence-electron chi connectivity index (χ0n) is 24.1. The standard InChI is InChI=1S/C31H42N6O5/c1-19(2)27(37-28(38)23(33)13-8-9-15-32)30(40)35-25(17-21-18-34-24-14-7-6-12-22(21)24)29(39)36-26(31(41)42)16-20-10-4-3-5-11-20/h3-7,10-12,14,18-19,23,25-27,34H,8-9,13,15-17,32-33H2,1-2H3,(H,35,40)(H,36,39)(H,37,38)(H,41,42). The summed E-state index contributed by atoms with van der Waals surface area (Å²) in [5.41, 5.74) is 13.9. The Kier molecular flexibility index (Phi) is 12.1.